The quantitative estimate of drug-likeness (QED) is 0.438. The average Bonchev–Trinajstić information content (AvgIpc) is 2.79. The fourth-order valence-corrected chi connectivity index (χ4v) is 4.35. The van der Waals surface area contributed by atoms with E-state index in [9.17, 15) is 18.0 Å². The van der Waals surface area contributed by atoms with Crippen LogP contribution in [0.5, 0.6) is 0 Å². The number of hydrogen-bond donors (Lipinski definition) is 2. The van der Waals surface area contributed by atoms with Gasteiger partial charge in [-0.05, 0) is 42.3 Å². The molecule has 0 aliphatic carbocycles. The minimum atomic E-state index is -3.81. The van der Waals surface area contributed by atoms with Gasteiger partial charge in [0.1, 0.15) is 6.54 Å². The summed E-state index contributed by atoms with van der Waals surface area (Å²) in [7, 11) is -3.81. The van der Waals surface area contributed by atoms with E-state index in [2.05, 4.69) is 10.6 Å². The van der Waals surface area contributed by atoms with Crippen molar-refractivity contribution in [2.45, 2.75) is 6.42 Å². The van der Waals surface area contributed by atoms with E-state index in [0.29, 0.717) is 13.0 Å². The van der Waals surface area contributed by atoms with Crippen LogP contribution in [0.3, 0.4) is 0 Å². The maximum absolute atomic E-state index is 12.8. The standard InChI is InChI=1S/C24H23Cl2N3O4S/c1-34(32,33)29(18-11-12-20(25)21(26)15-18)16-23(30)28-22-10-6-5-9-19(22)24(31)27-14-13-17-7-3-2-4-8-17/h2-12,15H,13-14,16H2,1H3,(H,27,31)(H,28,30). The zero-order chi connectivity index (χ0) is 24.7. The van der Waals surface area contributed by atoms with Crippen LogP contribution < -0.4 is 14.9 Å². The highest BCUT2D eigenvalue weighted by Gasteiger charge is 2.22. The lowest BCUT2D eigenvalue weighted by atomic mass is 10.1. The van der Waals surface area contributed by atoms with Gasteiger partial charge in [-0.15, -0.1) is 0 Å². The number of amides is 2. The van der Waals surface area contributed by atoms with Crippen LogP contribution in [0.1, 0.15) is 15.9 Å². The van der Waals surface area contributed by atoms with E-state index >= 15 is 0 Å². The third-order valence-corrected chi connectivity index (χ3v) is 6.75. The molecule has 3 aromatic rings. The zero-order valence-electron chi connectivity index (χ0n) is 18.3. The summed E-state index contributed by atoms with van der Waals surface area (Å²) in [6.45, 7) is -0.0922. The molecule has 7 nitrogen and oxygen atoms in total. The van der Waals surface area contributed by atoms with Gasteiger partial charge in [0.2, 0.25) is 15.9 Å². The van der Waals surface area contributed by atoms with E-state index in [4.69, 9.17) is 23.2 Å². The second-order valence-corrected chi connectivity index (χ2v) is 10.2. The van der Waals surface area contributed by atoms with Gasteiger partial charge in [0.05, 0.1) is 33.2 Å². The Labute approximate surface area is 208 Å². The highest BCUT2D eigenvalue weighted by molar-refractivity contribution is 7.92. The molecule has 0 aromatic heterocycles. The topological polar surface area (TPSA) is 95.6 Å². The number of rotatable bonds is 9. The number of sulfonamides is 1. The molecule has 178 valence electrons. The Balaban J connectivity index is 1.70. The number of anilines is 2. The number of hydrogen-bond acceptors (Lipinski definition) is 4. The molecule has 0 spiro atoms. The summed E-state index contributed by atoms with van der Waals surface area (Å²) in [6, 6.07) is 20.5. The SMILES string of the molecule is CS(=O)(=O)N(CC(=O)Nc1ccccc1C(=O)NCCc1ccccc1)c1ccc(Cl)c(Cl)c1. The molecular weight excluding hydrogens is 497 g/mol. The van der Waals surface area contributed by atoms with E-state index in [-0.39, 0.29) is 32.9 Å². The Morgan fingerprint density at radius 2 is 1.59 bits per heavy atom. The highest BCUT2D eigenvalue weighted by Crippen LogP contribution is 2.28. The van der Waals surface area contributed by atoms with Crippen LogP contribution in [0.25, 0.3) is 0 Å². The predicted molar refractivity (Wildman–Crippen MR) is 136 cm³/mol. The third kappa shape index (κ3) is 6.96. The molecule has 0 aliphatic rings. The number of para-hydroxylation sites is 1. The predicted octanol–water partition coefficient (Wildman–Crippen LogP) is 4.37. The summed E-state index contributed by atoms with van der Waals surface area (Å²) in [5.74, 6) is -0.975. The average molecular weight is 520 g/mol. The summed E-state index contributed by atoms with van der Waals surface area (Å²) >= 11 is 11.9. The van der Waals surface area contributed by atoms with E-state index in [1.165, 1.54) is 18.2 Å². The highest BCUT2D eigenvalue weighted by atomic mass is 35.5. The van der Waals surface area contributed by atoms with Crippen LogP contribution in [0.4, 0.5) is 11.4 Å². The van der Waals surface area contributed by atoms with Crippen molar-refractivity contribution >= 4 is 56.4 Å². The van der Waals surface area contributed by atoms with Gasteiger partial charge >= 0.3 is 0 Å². The van der Waals surface area contributed by atoms with Gasteiger partial charge in [0.25, 0.3) is 5.91 Å². The molecule has 0 heterocycles. The van der Waals surface area contributed by atoms with Crippen molar-refractivity contribution in [1.82, 2.24) is 5.32 Å². The van der Waals surface area contributed by atoms with Crippen LogP contribution in [-0.4, -0.2) is 39.6 Å². The first-order valence-electron chi connectivity index (χ1n) is 10.3. The van der Waals surface area contributed by atoms with Crippen molar-refractivity contribution in [2.24, 2.45) is 0 Å². The number of halogens is 2. The second-order valence-electron chi connectivity index (χ2n) is 7.45. The molecule has 2 amide bonds. The molecule has 3 aromatic carbocycles. The van der Waals surface area contributed by atoms with Gasteiger partial charge in [-0.2, -0.15) is 0 Å². The lowest BCUT2D eigenvalue weighted by Gasteiger charge is -2.22. The lowest BCUT2D eigenvalue weighted by molar-refractivity contribution is -0.114. The molecule has 10 heteroatoms. The van der Waals surface area contributed by atoms with Crippen LogP contribution in [0.15, 0.2) is 72.8 Å². The summed E-state index contributed by atoms with van der Waals surface area (Å²) in [6.07, 6.45) is 1.64. The minimum absolute atomic E-state index is 0.158. The molecule has 0 aliphatic heterocycles. The second kappa shape index (κ2) is 11.4. The van der Waals surface area contributed by atoms with Gasteiger partial charge in [-0.1, -0.05) is 65.7 Å². The number of carbonyl (C=O) groups excluding carboxylic acids is 2. The first-order chi connectivity index (χ1) is 16.1. The Hall–Kier alpha value is -3.07. The van der Waals surface area contributed by atoms with Gasteiger partial charge < -0.3 is 10.6 Å². The first-order valence-corrected chi connectivity index (χ1v) is 12.9. The molecule has 0 radical (unpaired) electrons. The summed E-state index contributed by atoms with van der Waals surface area (Å²) in [4.78, 5) is 25.5. The molecule has 0 unspecified atom stereocenters. The van der Waals surface area contributed by atoms with Crippen molar-refractivity contribution in [3.63, 3.8) is 0 Å². The Morgan fingerprint density at radius 1 is 0.912 bits per heavy atom. The zero-order valence-corrected chi connectivity index (χ0v) is 20.6. The normalized spacial score (nSPS) is 11.0. The fourth-order valence-electron chi connectivity index (χ4n) is 3.21. The van der Waals surface area contributed by atoms with Crippen molar-refractivity contribution < 1.29 is 18.0 Å². The molecule has 0 saturated carbocycles. The van der Waals surface area contributed by atoms with Crippen molar-refractivity contribution in [1.29, 1.82) is 0 Å². The largest absolute Gasteiger partial charge is 0.352 e. The molecule has 2 N–H and O–H groups in total. The van der Waals surface area contributed by atoms with Gasteiger partial charge in [-0.25, -0.2) is 8.42 Å². The third-order valence-electron chi connectivity index (χ3n) is 4.87. The molecule has 0 saturated heterocycles. The number of nitrogens with zero attached hydrogens (tertiary/aromatic N) is 1. The fraction of sp³-hybridized carbons (Fsp3) is 0.167. The van der Waals surface area contributed by atoms with Crippen LogP contribution in [0, 0.1) is 0 Å². The number of benzene rings is 3. The summed E-state index contributed by atoms with van der Waals surface area (Å²) in [5, 5.41) is 5.89. The maximum atomic E-state index is 12.8. The first kappa shape index (κ1) is 25.6. The Morgan fingerprint density at radius 3 is 2.26 bits per heavy atom. The monoisotopic (exact) mass is 519 g/mol. The van der Waals surface area contributed by atoms with Crippen molar-refractivity contribution in [2.75, 3.05) is 29.0 Å². The Kier molecular flexibility index (Phi) is 8.55. The molecule has 0 atom stereocenters. The van der Waals surface area contributed by atoms with Crippen molar-refractivity contribution in [3.8, 4) is 0 Å². The molecule has 0 bridgehead atoms. The van der Waals surface area contributed by atoms with E-state index in [0.717, 1.165) is 16.1 Å². The summed E-state index contributed by atoms with van der Waals surface area (Å²) in [5.41, 5.74) is 1.82. The molecule has 0 fully saturated rings. The summed E-state index contributed by atoms with van der Waals surface area (Å²) < 4.78 is 25.6. The number of carbonyl (C=O) groups is 2. The Bertz CT molecular complexity index is 1280. The lowest BCUT2D eigenvalue weighted by Crippen LogP contribution is -2.37. The van der Waals surface area contributed by atoms with Crippen LogP contribution in [0.2, 0.25) is 10.0 Å². The van der Waals surface area contributed by atoms with Gasteiger partial charge in [0.15, 0.2) is 0 Å². The smallest absolute Gasteiger partial charge is 0.253 e. The maximum Gasteiger partial charge on any atom is 0.253 e. The van der Waals surface area contributed by atoms with Crippen LogP contribution in [-0.2, 0) is 21.2 Å². The van der Waals surface area contributed by atoms with E-state index < -0.39 is 22.5 Å². The molecule has 34 heavy (non-hydrogen) atoms. The van der Waals surface area contributed by atoms with E-state index in [1.807, 2.05) is 30.3 Å². The molecular formula is C24H23Cl2N3O4S. The van der Waals surface area contributed by atoms with Gasteiger partial charge in [-0.3, -0.25) is 13.9 Å². The molecule has 3 rings (SSSR count). The van der Waals surface area contributed by atoms with Crippen molar-refractivity contribution in [3.05, 3.63) is 94.0 Å². The van der Waals surface area contributed by atoms with E-state index in [1.54, 1.807) is 24.3 Å². The number of nitrogens with one attached hydrogen (secondary N) is 2. The van der Waals surface area contributed by atoms with Gasteiger partial charge in [0, 0.05) is 6.54 Å². The minimum Gasteiger partial charge on any atom is -0.352 e. The van der Waals surface area contributed by atoms with Crippen LogP contribution >= 0.6 is 23.2 Å².